The van der Waals surface area contributed by atoms with Crippen LogP contribution in [0.2, 0.25) is 0 Å². The Morgan fingerprint density at radius 3 is 1.68 bits per heavy atom. The molecule has 0 atom stereocenters. The first-order valence-electron chi connectivity index (χ1n) is 9.53. The van der Waals surface area contributed by atoms with Crippen molar-refractivity contribution in [3.05, 3.63) is 28.8 Å². The van der Waals surface area contributed by atoms with Crippen LogP contribution in [0.5, 0.6) is 0 Å². The highest BCUT2D eigenvalue weighted by atomic mass is 31.1. The van der Waals surface area contributed by atoms with Gasteiger partial charge >= 0.3 is 0 Å². The fourth-order valence-corrected chi connectivity index (χ4v) is 8.66. The Kier molecular flexibility index (Phi) is 5.61. The first-order chi connectivity index (χ1) is 10.7. The van der Waals surface area contributed by atoms with Crippen LogP contribution in [-0.4, -0.2) is 11.3 Å². The zero-order valence-electron chi connectivity index (χ0n) is 14.8. The third-order valence-electron chi connectivity index (χ3n) is 6.24. The minimum absolute atomic E-state index is 0.0585. The van der Waals surface area contributed by atoms with Gasteiger partial charge in [-0.3, -0.25) is 0 Å². The maximum absolute atomic E-state index is 2.52. The second-order valence-electron chi connectivity index (χ2n) is 7.64. The van der Waals surface area contributed by atoms with E-state index in [2.05, 4.69) is 32.9 Å². The molecule has 0 nitrogen and oxygen atoms in total. The lowest BCUT2D eigenvalue weighted by molar-refractivity contribution is 0.487. The summed E-state index contributed by atoms with van der Waals surface area (Å²) in [5.74, 6) is 0. The van der Waals surface area contributed by atoms with E-state index in [0.29, 0.717) is 0 Å². The summed E-state index contributed by atoms with van der Waals surface area (Å²) in [5.41, 5.74) is 6.70. The van der Waals surface area contributed by atoms with Crippen molar-refractivity contribution >= 4 is 13.2 Å². The highest BCUT2D eigenvalue weighted by Crippen LogP contribution is 2.55. The second kappa shape index (κ2) is 7.48. The van der Waals surface area contributed by atoms with Gasteiger partial charge in [0.05, 0.1) is 0 Å². The van der Waals surface area contributed by atoms with Crippen molar-refractivity contribution in [2.75, 3.05) is 0 Å². The van der Waals surface area contributed by atoms with Crippen LogP contribution in [0, 0.1) is 20.8 Å². The van der Waals surface area contributed by atoms with Crippen molar-refractivity contribution < 1.29 is 0 Å². The maximum Gasteiger partial charge on any atom is -0.0166 e. The van der Waals surface area contributed by atoms with Crippen molar-refractivity contribution in [1.29, 1.82) is 0 Å². The minimum atomic E-state index is 0.0585. The molecule has 0 aromatic heterocycles. The van der Waals surface area contributed by atoms with E-state index in [-0.39, 0.29) is 7.92 Å². The zero-order chi connectivity index (χ0) is 15.5. The molecule has 0 saturated heterocycles. The molecular formula is C21H33P. The molecule has 0 aliphatic heterocycles. The lowest BCUT2D eigenvalue weighted by atomic mass is 9.99. The molecule has 1 aromatic rings. The van der Waals surface area contributed by atoms with E-state index in [9.17, 15) is 0 Å². The van der Waals surface area contributed by atoms with Gasteiger partial charge in [0.25, 0.3) is 0 Å². The molecular weight excluding hydrogens is 283 g/mol. The first kappa shape index (κ1) is 16.5. The quantitative estimate of drug-likeness (QED) is 0.567. The lowest BCUT2D eigenvalue weighted by Crippen LogP contribution is -2.27. The van der Waals surface area contributed by atoms with Gasteiger partial charge in [0.15, 0.2) is 0 Å². The molecule has 122 valence electrons. The van der Waals surface area contributed by atoms with Crippen molar-refractivity contribution in [2.45, 2.75) is 96.3 Å². The summed E-state index contributed by atoms with van der Waals surface area (Å²) < 4.78 is 0. The molecule has 1 aromatic carbocycles. The highest BCUT2D eigenvalue weighted by Gasteiger charge is 2.33. The average molecular weight is 316 g/mol. The molecule has 1 heteroatoms. The molecule has 0 amide bonds. The van der Waals surface area contributed by atoms with Crippen LogP contribution in [0.3, 0.4) is 0 Å². The molecule has 22 heavy (non-hydrogen) atoms. The predicted octanol–water partition coefficient (Wildman–Crippen LogP) is 6.38. The van der Waals surface area contributed by atoms with Gasteiger partial charge in [-0.25, -0.2) is 0 Å². The molecule has 2 aliphatic rings. The van der Waals surface area contributed by atoms with Gasteiger partial charge in [-0.2, -0.15) is 0 Å². The van der Waals surface area contributed by atoms with E-state index in [1.54, 1.807) is 16.4 Å². The molecule has 3 rings (SSSR count). The monoisotopic (exact) mass is 316 g/mol. The SMILES string of the molecule is Cc1ccc(P(C2CCCCC2)C2CCCCC2)c(C)c1C. The van der Waals surface area contributed by atoms with E-state index in [1.165, 1.54) is 69.8 Å². The Bertz CT molecular complexity index is 475. The summed E-state index contributed by atoms with van der Waals surface area (Å²) in [4.78, 5) is 0. The standard InChI is InChI=1S/C21H33P/c1-16-14-15-21(18(3)17(16)2)22(19-10-6-4-7-11-19)20-12-8-5-9-13-20/h14-15,19-20H,4-13H2,1-3H3. The Morgan fingerprint density at radius 2 is 1.18 bits per heavy atom. The fraction of sp³-hybridized carbons (Fsp3) is 0.714. The normalized spacial score (nSPS) is 21.5. The first-order valence-corrected chi connectivity index (χ1v) is 11.0. The second-order valence-corrected chi connectivity index (χ2v) is 10.4. The van der Waals surface area contributed by atoms with Gasteiger partial charge in [0, 0.05) is 0 Å². The van der Waals surface area contributed by atoms with Gasteiger partial charge in [0.1, 0.15) is 0 Å². The average Bonchev–Trinajstić information content (AvgIpc) is 2.57. The number of benzene rings is 1. The lowest BCUT2D eigenvalue weighted by Gasteiger charge is -2.39. The molecule has 0 heterocycles. The molecule has 0 unspecified atom stereocenters. The highest BCUT2D eigenvalue weighted by molar-refractivity contribution is 7.67. The summed E-state index contributed by atoms with van der Waals surface area (Å²) >= 11 is 0. The predicted molar refractivity (Wildman–Crippen MR) is 101 cm³/mol. The van der Waals surface area contributed by atoms with E-state index in [4.69, 9.17) is 0 Å². The summed E-state index contributed by atoms with van der Waals surface area (Å²) in [6.45, 7) is 7.01. The van der Waals surface area contributed by atoms with Gasteiger partial charge in [-0.1, -0.05) is 58.6 Å². The van der Waals surface area contributed by atoms with Crippen LogP contribution in [0.25, 0.3) is 0 Å². The van der Waals surface area contributed by atoms with Crippen molar-refractivity contribution in [2.24, 2.45) is 0 Å². The van der Waals surface area contributed by atoms with Crippen LogP contribution in [-0.2, 0) is 0 Å². The van der Waals surface area contributed by atoms with Gasteiger partial charge < -0.3 is 0 Å². The van der Waals surface area contributed by atoms with Crippen LogP contribution in [0.4, 0.5) is 0 Å². The topological polar surface area (TPSA) is 0 Å². The van der Waals surface area contributed by atoms with E-state index in [1.807, 2.05) is 0 Å². The van der Waals surface area contributed by atoms with Crippen molar-refractivity contribution in [1.82, 2.24) is 0 Å². The van der Waals surface area contributed by atoms with Crippen LogP contribution in [0.1, 0.15) is 80.9 Å². The molecule has 2 saturated carbocycles. The van der Waals surface area contributed by atoms with Crippen molar-refractivity contribution in [3.8, 4) is 0 Å². The van der Waals surface area contributed by atoms with Crippen LogP contribution in [0.15, 0.2) is 12.1 Å². The van der Waals surface area contributed by atoms with Gasteiger partial charge in [-0.15, -0.1) is 0 Å². The molecule has 0 radical (unpaired) electrons. The number of hydrogen-bond acceptors (Lipinski definition) is 0. The maximum atomic E-state index is 2.52. The molecule has 2 fully saturated rings. The Hall–Kier alpha value is -0.350. The number of hydrogen-bond donors (Lipinski definition) is 0. The fourth-order valence-electron chi connectivity index (χ4n) is 4.63. The Labute approximate surface area is 138 Å². The molecule has 0 bridgehead atoms. The Balaban J connectivity index is 1.94. The van der Waals surface area contributed by atoms with Gasteiger partial charge in [0.2, 0.25) is 0 Å². The van der Waals surface area contributed by atoms with E-state index in [0.717, 1.165) is 11.3 Å². The van der Waals surface area contributed by atoms with Crippen LogP contribution >= 0.6 is 7.92 Å². The number of aryl methyl sites for hydroxylation is 1. The molecule has 0 spiro atoms. The van der Waals surface area contributed by atoms with E-state index < -0.39 is 0 Å². The molecule has 2 aliphatic carbocycles. The van der Waals surface area contributed by atoms with Crippen molar-refractivity contribution in [3.63, 3.8) is 0 Å². The third kappa shape index (κ3) is 3.43. The molecule has 0 N–H and O–H groups in total. The van der Waals surface area contributed by atoms with Gasteiger partial charge in [-0.05, 0) is 79.8 Å². The third-order valence-corrected chi connectivity index (χ3v) is 9.89. The van der Waals surface area contributed by atoms with Crippen LogP contribution < -0.4 is 5.30 Å². The Morgan fingerprint density at radius 1 is 0.682 bits per heavy atom. The minimum Gasteiger partial charge on any atom is -0.0687 e. The summed E-state index contributed by atoms with van der Waals surface area (Å²) in [7, 11) is 0.0585. The summed E-state index contributed by atoms with van der Waals surface area (Å²) in [5, 5.41) is 1.77. The summed E-state index contributed by atoms with van der Waals surface area (Å²) in [6.07, 6.45) is 14.9. The van der Waals surface area contributed by atoms with E-state index >= 15 is 0 Å². The largest absolute Gasteiger partial charge is 0.0687 e. The smallest absolute Gasteiger partial charge is 0.0166 e. The number of rotatable bonds is 3. The zero-order valence-corrected chi connectivity index (χ0v) is 15.7. The summed E-state index contributed by atoms with van der Waals surface area (Å²) in [6, 6.07) is 4.92.